The minimum atomic E-state index is -0.384. The average Bonchev–Trinajstić information content (AvgIpc) is 1.83. The molecular formula is C5H9Cl4NO. The molecule has 0 bridgehead atoms. The van der Waals surface area contributed by atoms with Crippen LogP contribution >= 0.6 is 48.8 Å². The van der Waals surface area contributed by atoms with E-state index in [-0.39, 0.29) is 43.0 Å². The van der Waals surface area contributed by atoms with Crippen LogP contribution in [0.5, 0.6) is 0 Å². The monoisotopic (exact) mass is 239 g/mol. The summed E-state index contributed by atoms with van der Waals surface area (Å²) in [6.45, 7) is 0. The quantitative estimate of drug-likeness (QED) is 0.562. The zero-order chi connectivity index (χ0) is 6.41. The molecule has 0 radical (unpaired) electrons. The molecule has 0 rings (SSSR count). The van der Waals surface area contributed by atoms with Crippen molar-refractivity contribution in [2.24, 2.45) is 0 Å². The molecule has 0 N–H and O–H groups in total. The van der Waals surface area contributed by atoms with E-state index in [0.29, 0.717) is 18.7 Å². The molecule has 0 aliphatic heterocycles. The lowest BCUT2D eigenvalue weighted by molar-refractivity contribution is -0.114. The standard InChI is InChI=1S/C5H6ClNO.3ClH/c6-3-1-2-5(8)4-7;;;/h1-3H2;3*1H. The molecular weight excluding hydrogens is 232 g/mol. The fourth-order valence-electron chi connectivity index (χ4n) is 0.283. The molecule has 0 amide bonds. The number of carbonyl (C=O) groups excluding carboxylic acids is 1. The second-order valence-electron chi connectivity index (χ2n) is 1.33. The van der Waals surface area contributed by atoms with Gasteiger partial charge in [-0.05, 0) is 6.42 Å². The Morgan fingerprint density at radius 3 is 2.09 bits per heavy atom. The summed E-state index contributed by atoms with van der Waals surface area (Å²) in [5.41, 5.74) is 0. The maximum Gasteiger partial charge on any atom is 0.231 e. The first-order valence-electron chi connectivity index (χ1n) is 2.30. The van der Waals surface area contributed by atoms with Gasteiger partial charge in [0.15, 0.2) is 0 Å². The minimum absolute atomic E-state index is 0. The maximum atomic E-state index is 10.2. The van der Waals surface area contributed by atoms with Gasteiger partial charge in [0.2, 0.25) is 5.78 Å². The van der Waals surface area contributed by atoms with E-state index in [1.807, 2.05) is 0 Å². The third-order valence-corrected chi connectivity index (χ3v) is 0.929. The van der Waals surface area contributed by atoms with E-state index in [4.69, 9.17) is 16.9 Å². The first-order chi connectivity index (χ1) is 3.81. The predicted octanol–water partition coefficient (Wildman–Crippen LogP) is 2.36. The lowest BCUT2D eigenvalue weighted by Gasteiger charge is -1.83. The van der Waals surface area contributed by atoms with E-state index in [2.05, 4.69) is 0 Å². The van der Waals surface area contributed by atoms with Crippen LogP contribution in [-0.2, 0) is 4.79 Å². The van der Waals surface area contributed by atoms with E-state index in [9.17, 15) is 4.79 Å². The Balaban J connectivity index is -0.0000000817. The Bertz CT molecular complexity index is 122. The van der Waals surface area contributed by atoms with Gasteiger partial charge in [0.05, 0.1) is 0 Å². The number of carbonyl (C=O) groups is 1. The smallest absolute Gasteiger partial charge is 0.231 e. The van der Waals surface area contributed by atoms with Crippen LogP contribution in [0.4, 0.5) is 0 Å². The predicted molar refractivity (Wildman–Crippen MR) is 52.3 cm³/mol. The summed E-state index contributed by atoms with van der Waals surface area (Å²) in [6, 6.07) is 1.50. The minimum Gasteiger partial charge on any atom is -0.283 e. The fraction of sp³-hybridized carbons (Fsp3) is 0.600. The molecule has 0 aromatic carbocycles. The van der Waals surface area contributed by atoms with E-state index in [1.54, 1.807) is 0 Å². The molecule has 0 fully saturated rings. The molecule has 6 heteroatoms. The average molecular weight is 241 g/mol. The first-order valence-corrected chi connectivity index (χ1v) is 2.83. The van der Waals surface area contributed by atoms with Crippen LogP contribution < -0.4 is 0 Å². The van der Waals surface area contributed by atoms with Crippen molar-refractivity contribution in [2.75, 3.05) is 5.88 Å². The van der Waals surface area contributed by atoms with Gasteiger partial charge in [0.1, 0.15) is 6.07 Å². The second-order valence-corrected chi connectivity index (χ2v) is 1.71. The van der Waals surface area contributed by atoms with Crippen LogP contribution in [0.1, 0.15) is 12.8 Å². The molecule has 0 aliphatic carbocycles. The number of Topliss-reactive ketones (excluding diaryl/α,β-unsaturated/α-hetero) is 1. The normalized spacial score (nSPS) is 5.82. The number of nitriles is 1. The number of alkyl halides is 1. The van der Waals surface area contributed by atoms with Crippen molar-refractivity contribution in [1.82, 2.24) is 0 Å². The van der Waals surface area contributed by atoms with E-state index in [1.165, 1.54) is 6.07 Å². The van der Waals surface area contributed by atoms with Crippen LogP contribution in [-0.4, -0.2) is 11.7 Å². The summed E-state index contributed by atoms with van der Waals surface area (Å²) >= 11 is 5.24. The summed E-state index contributed by atoms with van der Waals surface area (Å²) in [5, 5.41) is 7.92. The van der Waals surface area contributed by atoms with Crippen LogP contribution in [0, 0.1) is 11.3 Å². The van der Waals surface area contributed by atoms with Crippen LogP contribution in [0.2, 0.25) is 0 Å². The van der Waals surface area contributed by atoms with Crippen LogP contribution in [0.15, 0.2) is 0 Å². The molecule has 0 saturated carbocycles. The number of halogens is 4. The Labute approximate surface area is 89.5 Å². The molecule has 2 nitrogen and oxygen atoms in total. The lowest BCUT2D eigenvalue weighted by Crippen LogP contribution is -1.91. The summed E-state index contributed by atoms with van der Waals surface area (Å²) in [7, 11) is 0. The molecule has 68 valence electrons. The Kier molecular flexibility index (Phi) is 34.2. The van der Waals surface area contributed by atoms with Crippen molar-refractivity contribution in [2.45, 2.75) is 12.8 Å². The number of hydrogen-bond donors (Lipinski definition) is 0. The molecule has 0 aromatic heterocycles. The van der Waals surface area contributed by atoms with Gasteiger partial charge in [0, 0.05) is 12.3 Å². The highest BCUT2D eigenvalue weighted by molar-refractivity contribution is 6.18. The van der Waals surface area contributed by atoms with E-state index in [0.717, 1.165) is 0 Å². The summed E-state index contributed by atoms with van der Waals surface area (Å²) < 4.78 is 0. The van der Waals surface area contributed by atoms with Crippen molar-refractivity contribution in [3.05, 3.63) is 0 Å². The first kappa shape index (κ1) is 22.5. The van der Waals surface area contributed by atoms with Gasteiger partial charge in [-0.1, -0.05) is 0 Å². The lowest BCUT2D eigenvalue weighted by atomic mass is 10.2. The molecule has 0 unspecified atom stereocenters. The third kappa shape index (κ3) is 17.9. The van der Waals surface area contributed by atoms with Gasteiger partial charge in [-0.15, -0.1) is 48.8 Å². The number of ketones is 1. The van der Waals surface area contributed by atoms with Gasteiger partial charge in [-0.3, -0.25) is 4.79 Å². The summed E-state index contributed by atoms with van der Waals surface area (Å²) in [6.07, 6.45) is 0.897. The topological polar surface area (TPSA) is 40.9 Å². The molecule has 0 atom stereocenters. The van der Waals surface area contributed by atoms with Gasteiger partial charge in [0.25, 0.3) is 0 Å². The third-order valence-electron chi connectivity index (χ3n) is 0.662. The van der Waals surface area contributed by atoms with Crippen LogP contribution in [0.3, 0.4) is 0 Å². The second kappa shape index (κ2) is 16.7. The van der Waals surface area contributed by atoms with Crippen LogP contribution in [0.25, 0.3) is 0 Å². The van der Waals surface area contributed by atoms with E-state index >= 15 is 0 Å². The van der Waals surface area contributed by atoms with Gasteiger partial charge < -0.3 is 0 Å². The van der Waals surface area contributed by atoms with Crippen molar-refractivity contribution < 1.29 is 4.79 Å². The van der Waals surface area contributed by atoms with E-state index < -0.39 is 0 Å². The zero-order valence-electron chi connectivity index (χ0n) is 5.58. The largest absolute Gasteiger partial charge is 0.283 e. The molecule has 0 heterocycles. The van der Waals surface area contributed by atoms with Crippen molar-refractivity contribution in [3.8, 4) is 6.07 Å². The highest BCUT2D eigenvalue weighted by Gasteiger charge is 1.95. The van der Waals surface area contributed by atoms with Crippen molar-refractivity contribution >= 4 is 54.6 Å². The fourth-order valence-corrected chi connectivity index (χ4v) is 0.417. The summed E-state index contributed by atoms with van der Waals surface area (Å²) in [4.78, 5) is 10.2. The highest BCUT2D eigenvalue weighted by Crippen LogP contribution is 1.91. The molecule has 0 saturated heterocycles. The molecule has 11 heavy (non-hydrogen) atoms. The number of nitrogens with zero attached hydrogens (tertiary/aromatic N) is 1. The molecule has 0 spiro atoms. The molecule has 0 aliphatic rings. The SMILES string of the molecule is Cl.Cl.Cl.N#CC(=O)CCCCl. The van der Waals surface area contributed by atoms with Crippen molar-refractivity contribution in [1.29, 1.82) is 5.26 Å². The Morgan fingerprint density at radius 2 is 1.82 bits per heavy atom. The highest BCUT2D eigenvalue weighted by atomic mass is 35.5. The maximum absolute atomic E-state index is 10.2. The summed E-state index contributed by atoms with van der Waals surface area (Å²) in [5.74, 6) is 0.0681. The number of rotatable bonds is 3. The Hall–Kier alpha value is 0.320. The molecule has 0 aromatic rings. The zero-order valence-corrected chi connectivity index (χ0v) is 8.78. The van der Waals surface area contributed by atoms with Gasteiger partial charge >= 0.3 is 0 Å². The van der Waals surface area contributed by atoms with Gasteiger partial charge in [-0.2, -0.15) is 5.26 Å². The van der Waals surface area contributed by atoms with Crippen molar-refractivity contribution in [3.63, 3.8) is 0 Å². The number of hydrogen-bond acceptors (Lipinski definition) is 2. The van der Waals surface area contributed by atoms with Gasteiger partial charge in [-0.25, -0.2) is 0 Å². The Morgan fingerprint density at radius 1 is 1.36 bits per heavy atom.